The minimum absolute atomic E-state index is 0.119. The molecule has 0 atom stereocenters. The van der Waals surface area contributed by atoms with Crippen molar-refractivity contribution >= 4 is 0 Å². The van der Waals surface area contributed by atoms with Gasteiger partial charge in [-0.3, -0.25) is 0 Å². The summed E-state index contributed by atoms with van der Waals surface area (Å²) in [6.45, 7) is 13.5. The molecular weight excluding hydrogens is 324 g/mol. The van der Waals surface area contributed by atoms with Crippen molar-refractivity contribution in [1.82, 2.24) is 0 Å². The lowest BCUT2D eigenvalue weighted by atomic mass is 10.4. The molecule has 0 aliphatic carbocycles. The first kappa shape index (κ1) is 24.8. The summed E-state index contributed by atoms with van der Waals surface area (Å²) < 4.78 is 33.9. The molecular formula is C19H40O6. The van der Waals surface area contributed by atoms with Gasteiger partial charge in [0.15, 0.2) is 0 Å². The van der Waals surface area contributed by atoms with Crippen LogP contribution in [0.5, 0.6) is 0 Å². The van der Waals surface area contributed by atoms with Crippen molar-refractivity contribution in [2.75, 3.05) is 59.6 Å². The number of hydrogen-bond acceptors (Lipinski definition) is 6. The van der Waals surface area contributed by atoms with E-state index in [1.807, 2.05) is 0 Å². The van der Waals surface area contributed by atoms with E-state index in [0.29, 0.717) is 26.4 Å². The first-order valence-corrected chi connectivity index (χ1v) is 9.82. The molecule has 0 rings (SSSR count). The molecule has 0 aromatic heterocycles. The highest BCUT2D eigenvalue weighted by Gasteiger charge is 2.14. The predicted molar refractivity (Wildman–Crippen MR) is 99.1 cm³/mol. The molecule has 0 spiro atoms. The second-order valence-electron chi connectivity index (χ2n) is 5.99. The van der Waals surface area contributed by atoms with Crippen LogP contribution < -0.4 is 0 Å². The van der Waals surface area contributed by atoms with Crippen LogP contribution >= 0.6 is 0 Å². The SMILES string of the molecule is CCCOCC(COCCC)OCOC(COCCC)COCCC. The van der Waals surface area contributed by atoms with Crippen LogP contribution in [-0.4, -0.2) is 71.9 Å². The summed E-state index contributed by atoms with van der Waals surface area (Å²) in [5.41, 5.74) is 0. The molecule has 0 saturated carbocycles. The summed E-state index contributed by atoms with van der Waals surface area (Å²) in [7, 11) is 0. The molecule has 0 unspecified atom stereocenters. The zero-order valence-corrected chi connectivity index (χ0v) is 16.8. The van der Waals surface area contributed by atoms with Crippen molar-refractivity contribution in [2.24, 2.45) is 0 Å². The van der Waals surface area contributed by atoms with Gasteiger partial charge in [0.05, 0.1) is 26.4 Å². The lowest BCUT2D eigenvalue weighted by Crippen LogP contribution is -2.31. The van der Waals surface area contributed by atoms with Crippen LogP contribution in [0.2, 0.25) is 0 Å². The smallest absolute Gasteiger partial charge is 0.147 e. The van der Waals surface area contributed by atoms with Crippen LogP contribution in [-0.2, 0) is 28.4 Å². The Hall–Kier alpha value is -0.240. The Morgan fingerprint density at radius 2 is 0.760 bits per heavy atom. The van der Waals surface area contributed by atoms with E-state index in [9.17, 15) is 0 Å². The van der Waals surface area contributed by atoms with Gasteiger partial charge in [-0.05, 0) is 25.7 Å². The number of ether oxygens (including phenoxy) is 6. The van der Waals surface area contributed by atoms with Gasteiger partial charge < -0.3 is 28.4 Å². The van der Waals surface area contributed by atoms with Crippen molar-refractivity contribution in [2.45, 2.75) is 65.6 Å². The van der Waals surface area contributed by atoms with Crippen molar-refractivity contribution in [1.29, 1.82) is 0 Å². The monoisotopic (exact) mass is 364 g/mol. The Bertz CT molecular complexity index is 208. The summed E-state index contributed by atoms with van der Waals surface area (Å²) in [5.74, 6) is 0. The standard InChI is InChI=1S/C19H40O6/c1-5-9-20-13-18(14-21-10-6-2)24-17-25-19(15-22-11-7-3)16-23-12-8-4/h18-19H,5-17H2,1-4H3. The molecule has 0 aliphatic rings. The highest BCUT2D eigenvalue weighted by Crippen LogP contribution is 2.02. The Labute approximate surface area is 154 Å². The summed E-state index contributed by atoms with van der Waals surface area (Å²) in [4.78, 5) is 0. The second-order valence-corrected chi connectivity index (χ2v) is 5.99. The maximum absolute atomic E-state index is 5.80. The minimum Gasteiger partial charge on any atom is -0.379 e. The third-order valence-electron chi connectivity index (χ3n) is 3.22. The lowest BCUT2D eigenvalue weighted by Gasteiger charge is -2.22. The van der Waals surface area contributed by atoms with Gasteiger partial charge in [-0.2, -0.15) is 0 Å². The lowest BCUT2D eigenvalue weighted by molar-refractivity contribution is -0.168. The molecule has 6 nitrogen and oxygen atoms in total. The molecule has 25 heavy (non-hydrogen) atoms. The van der Waals surface area contributed by atoms with E-state index in [4.69, 9.17) is 28.4 Å². The molecule has 0 bridgehead atoms. The molecule has 0 amide bonds. The molecule has 0 saturated heterocycles. The second kappa shape index (κ2) is 20.1. The van der Waals surface area contributed by atoms with Crippen LogP contribution in [0, 0.1) is 0 Å². The van der Waals surface area contributed by atoms with Crippen molar-refractivity contribution in [3.05, 3.63) is 0 Å². The third kappa shape index (κ3) is 17.0. The quantitative estimate of drug-likeness (QED) is 0.244. The average molecular weight is 365 g/mol. The van der Waals surface area contributed by atoms with Crippen molar-refractivity contribution in [3.8, 4) is 0 Å². The van der Waals surface area contributed by atoms with Crippen LogP contribution in [0.1, 0.15) is 53.4 Å². The fraction of sp³-hybridized carbons (Fsp3) is 1.00. The molecule has 0 aliphatic heterocycles. The van der Waals surface area contributed by atoms with Crippen LogP contribution in [0.4, 0.5) is 0 Å². The van der Waals surface area contributed by atoms with E-state index in [1.54, 1.807) is 0 Å². The molecule has 0 fully saturated rings. The largest absolute Gasteiger partial charge is 0.379 e. The van der Waals surface area contributed by atoms with Gasteiger partial charge in [-0.25, -0.2) is 0 Å². The highest BCUT2D eigenvalue weighted by atomic mass is 16.7. The van der Waals surface area contributed by atoms with Gasteiger partial charge in [0.2, 0.25) is 0 Å². The molecule has 0 aromatic rings. The topological polar surface area (TPSA) is 55.4 Å². The van der Waals surface area contributed by atoms with Crippen LogP contribution in [0.25, 0.3) is 0 Å². The summed E-state index contributed by atoms with van der Waals surface area (Å²) in [5, 5.41) is 0. The van der Waals surface area contributed by atoms with E-state index in [1.165, 1.54) is 0 Å². The van der Waals surface area contributed by atoms with E-state index >= 15 is 0 Å². The fourth-order valence-electron chi connectivity index (χ4n) is 1.96. The van der Waals surface area contributed by atoms with E-state index in [0.717, 1.165) is 52.1 Å². The van der Waals surface area contributed by atoms with Gasteiger partial charge >= 0.3 is 0 Å². The molecule has 0 N–H and O–H groups in total. The highest BCUT2D eigenvalue weighted by molar-refractivity contribution is 4.57. The maximum Gasteiger partial charge on any atom is 0.147 e. The first-order chi connectivity index (χ1) is 12.3. The summed E-state index contributed by atoms with van der Waals surface area (Å²) >= 11 is 0. The van der Waals surface area contributed by atoms with E-state index in [-0.39, 0.29) is 19.0 Å². The third-order valence-corrected chi connectivity index (χ3v) is 3.22. The summed E-state index contributed by atoms with van der Waals surface area (Å²) in [6.07, 6.45) is 3.73. The first-order valence-electron chi connectivity index (χ1n) is 9.82. The normalized spacial score (nSPS) is 11.8. The van der Waals surface area contributed by atoms with Crippen molar-refractivity contribution in [3.63, 3.8) is 0 Å². The molecule has 6 heteroatoms. The fourth-order valence-corrected chi connectivity index (χ4v) is 1.96. The van der Waals surface area contributed by atoms with Gasteiger partial charge in [-0.1, -0.05) is 27.7 Å². The summed E-state index contributed by atoms with van der Waals surface area (Å²) in [6, 6.07) is 0. The Morgan fingerprint density at radius 3 is 1.00 bits per heavy atom. The number of hydrogen-bond donors (Lipinski definition) is 0. The van der Waals surface area contributed by atoms with Gasteiger partial charge in [0.1, 0.15) is 19.0 Å². The molecule has 0 heterocycles. The van der Waals surface area contributed by atoms with Gasteiger partial charge in [0.25, 0.3) is 0 Å². The van der Waals surface area contributed by atoms with E-state index in [2.05, 4.69) is 27.7 Å². The Morgan fingerprint density at radius 1 is 0.480 bits per heavy atom. The minimum atomic E-state index is -0.119. The van der Waals surface area contributed by atoms with Crippen molar-refractivity contribution < 1.29 is 28.4 Å². The zero-order chi connectivity index (χ0) is 18.6. The molecule has 0 aromatic carbocycles. The average Bonchev–Trinajstić information content (AvgIpc) is 2.61. The molecule has 0 radical (unpaired) electrons. The van der Waals surface area contributed by atoms with E-state index < -0.39 is 0 Å². The van der Waals surface area contributed by atoms with Gasteiger partial charge in [-0.15, -0.1) is 0 Å². The maximum atomic E-state index is 5.80. The molecule has 152 valence electrons. The van der Waals surface area contributed by atoms with Gasteiger partial charge in [0, 0.05) is 26.4 Å². The number of rotatable bonds is 20. The van der Waals surface area contributed by atoms with Crippen LogP contribution in [0.15, 0.2) is 0 Å². The Balaban J connectivity index is 4.13. The Kier molecular flexibility index (Phi) is 19.9. The van der Waals surface area contributed by atoms with Crippen LogP contribution in [0.3, 0.4) is 0 Å². The zero-order valence-electron chi connectivity index (χ0n) is 16.8. The predicted octanol–water partition coefficient (Wildman–Crippen LogP) is 3.42.